The minimum Gasteiger partial charge on any atom is -0.472 e. The van der Waals surface area contributed by atoms with Crippen molar-refractivity contribution in [2.45, 2.75) is 18.9 Å². The number of non-ortho nitro benzene ring substituents is 1. The van der Waals surface area contributed by atoms with Gasteiger partial charge in [0.25, 0.3) is 5.69 Å². The van der Waals surface area contributed by atoms with Gasteiger partial charge < -0.3 is 10.1 Å². The zero-order valence-electron chi connectivity index (χ0n) is 11.2. The van der Waals surface area contributed by atoms with Crippen molar-refractivity contribution in [1.29, 1.82) is 0 Å². The summed E-state index contributed by atoms with van der Waals surface area (Å²) in [5, 5.41) is 14.0. The molecule has 8 heteroatoms. The molecule has 1 fully saturated rings. The molecule has 1 aromatic carbocycles. The lowest BCUT2D eigenvalue weighted by Gasteiger charge is -2.23. The lowest BCUT2D eigenvalue weighted by molar-refractivity contribution is -0.384. The average Bonchev–Trinajstić information content (AvgIpc) is 2.47. The van der Waals surface area contributed by atoms with Gasteiger partial charge in [0.2, 0.25) is 5.88 Å². The van der Waals surface area contributed by atoms with E-state index in [-0.39, 0.29) is 24.2 Å². The molecular weight excluding hydrogens is 296 g/mol. The summed E-state index contributed by atoms with van der Waals surface area (Å²) in [6, 6.07) is 4.42. The lowest BCUT2D eigenvalue weighted by Crippen LogP contribution is -2.37. The second-order valence-electron chi connectivity index (χ2n) is 4.72. The van der Waals surface area contributed by atoms with Crippen LogP contribution in [0.25, 0.3) is 11.0 Å². The number of halogens is 1. The van der Waals surface area contributed by atoms with E-state index >= 15 is 0 Å². The molecule has 1 aliphatic rings. The number of ether oxygens (including phenoxy) is 1. The van der Waals surface area contributed by atoms with Crippen LogP contribution in [-0.4, -0.2) is 34.1 Å². The summed E-state index contributed by atoms with van der Waals surface area (Å²) < 4.78 is 5.77. The third-order valence-corrected chi connectivity index (χ3v) is 3.25. The van der Waals surface area contributed by atoms with E-state index in [1.165, 1.54) is 18.3 Å². The van der Waals surface area contributed by atoms with Crippen molar-refractivity contribution >= 4 is 29.1 Å². The van der Waals surface area contributed by atoms with Gasteiger partial charge in [-0.1, -0.05) is 0 Å². The number of nitrogens with one attached hydrogen (secondary N) is 1. The Bertz CT molecular complexity index is 646. The van der Waals surface area contributed by atoms with Crippen molar-refractivity contribution in [2.75, 3.05) is 13.1 Å². The predicted molar refractivity (Wildman–Crippen MR) is 80.0 cm³/mol. The normalized spacial score (nSPS) is 18.0. The highest BCUT2D eigenvalue weighted by molar-refractivity contribution is 5.85. The predicted octanol–water partition coefficient (Wildman–Crippen LogP) is 2.09. The van der Waals surface area contributed by atoms with Crippen molar-refractivity contribution in [3.63, 3.8) is 0 Å². The highest BCUT2D eigenvalue weighted by Crippen LogP contribution is 2.20. The SMILES string of the molecule is Cl.O=[N+]([O-])c1ccc2nc(O[C@H]3CCCNC3)cnc2c1. The molecule has 0 saturated carbocycles. The molecule has 112 valence electrons. The quantitative estimate of drug-likeness (QED) is 0.689. The number of nitrogens with zero attached hydrogens (tertiary/aromatic N) is 3. The van der Waals surface area contributed by atoms with E-state index in [0.29, 0.717) is 16.9 Å². The monoisotopic (exact) mass is 310 g/mol. The van der Waals surface area contributed by atoms with E-state index in [1.54, 1.807) is 6.07 Å². The number of piperidine rings is 1. The number of hydrogen-bond acceptors (Lipinski definition) is 6. The first-order chi connectivity index (χ1) is 9.72. The van der Waals surface area contributed by atoms with Crippen LogP contribution in [0.3, 0.4) is 0 Å². The lowest BCUT2D eigenvalue weighted by atomic mass is 10.1. The smallest absolute Gasteiger partial charge is 0.271 e. The molecule has 1 atom stereocenters. The third-order valence-electron chi connectivity index (χ3n) is 3.25. The number of rotatable bonds is 3. The van der Waals surface area contributed by atoms with Crippen molar-refractivity contribution in [3.05, 3.63) is 34.5 Å². The molecule has 1 saturated heterocycles. The van der Waals surface area contributed by atoms with Crippen LogP contribution in [0.2, 0.25) is 0 Å². The topological polar surface area (TPSA) is 90.2 Å². The number of benzene rings is 1. The Kier molecular flexibility index (Phi) is 4.87. The molecule has 21 heavy (non-hydrogen) atoms. The standard InChI is InChI=1S/C13H14N4O3.ClH/c18-17(19)9-3-4-11-12(6-9)15-8-13(16-11)20-10-2-1-5-14-7-10;/h3-4,6,8,10,14H,1-2,5,7H2;1H/t10-;/m0./s1. The van der Waals surface area contributed by atoms with Crippen LogP contribution in [0.4, 0.5) is 5.69 Å². The third kappa shape index (κ3) is 3.56. The van der Waals surface area contributed by atoms with Crippen molar-refractivity contribution < 1.29 is 9.66 Å². The molecule has 0 spiro atoms. The Morgan fingerprint density at radius 2 is 2.24 bits per heavy atom. The van der Waals surface area contributed by atoms with Crippen molar-refractivity contribution in [2.24, 2.45) is 0 Å². The maximum absolute atomic E-state index is 10.7. The minimum absolute atomic E-state index is 0. The average molecular weight is 311 g/mol. The van der Waals surface area contributed by atoms with Gasteiger partial charge in [-0.05, 0) is 25.5 Å². The zero-order valence-corrected chi connectivity index (χ0v) is 12.0. The van der Waals surface area contributed by atoms with Crippen LogP contribution in [0.5, 0.6) is 5.88 Å². The Labute approximate surface area is 127 Å². The van der Waals surface area contributed by atoms with E-state index in [9.17, 15) is 10.1 Å². The number of aromatic nitrogens is 2. The van der Waals surface area contributed by atoms with E-state index < -0.39 is 4.92 Å². The highest BCUT2D eigenvalue weighted by Gasteiger charge is 2.15. The summed E-state index contributed by atoms with van der Waals surface area (Å²) in [5.41, 5.74) is 1.10. The van der Waals surface area contributed by atoms with E-state index in [1.807, 2.05) is 0 Å². The molecule has 1 aliphatic heterocycles. The molecule has 2 aromatic rings. The first-order valence-electron chi connectivity index (χ1n) is 6.51. The van der Waals surface area contributed by atoms with Gasteiger partial charge >= 0.3 is 0 Å². The van der Waals surface area contributed by atoms with Crippen LogP contribution < -0.4 is 10.1 Å². The summed E-state index contributed by atoms with van der Waals surface area (Å²) in [6.07, 6.45) is 3.69. The second kappa shape index (κ2) is 6.64. The first-order valence-corrected chi connectivity index (χ1v) is 6.51. The fourth-order valence-corrected chi connectivity index (χ4v) is 2.24. The Morgan fingerprint density at radius 3 is 2.95 bits per heavy atom. The van der Waals surface area contributed by atoms with Crippen LogP contribution in [0, 0.1) is 10.1 Å². The summed E-state index contributed by atoms with van der Waals surface area (Å²) in [5.74, 6) is 0.458. The van der Waals surface area contributed by atoms with Crippen LogP contribution in [0.1, 0.15) is 12.8 Å². The number of fused-ring (bicyclic) bond motifs is 1. The molecule has 2 heterocycles. The van der Waals surface area contributed by atoms with Crippen LogP contribution >= 0.6 is 12.4 Å². The minimum atomic E-state index is -0.445. The molecular formula is C13H15ClN4O3. The summed E-state index contributed by atoms with van der Waals surface area (Å²) in [6.45, 7) is 1.83. The van der Waals surface area contributed by atoms with Gasteiger partial charge in [0, 0.05) is 18.7 Å². The van der Waals surface area contributed by atoms with Crippen molar-refractivity contribution in [3.8, 4) is 5.88 Å². The van der Waals surface area contributed by atoms with Gasteiger partial charge in [-0.15, -0.1) is 12.4 Å². The van der Waals surface area contributed by atoms with Gasteiger partial charge in [0.15, 0.2) is 0 Å². The largest absolute Gasteiger partial charge is 0.472 e. The molecule has 0 bridgehead atoms. The van der Waals surface area contributed by atoms with Crippen LogP contribution in [-0.2, 0) is 0 Å². The fraction of sp³-hybridized carbons (Fsp3) is 0.385. The van der Waals surface area contributed by atoms with Gasteiger partial charge in [-0.2, -0.15) is 0 Å². The molecule has 0 amide bonds. The maximum Gasteiger partial charge on any atom is 0.271 e. The summed E-state index contributed by atoms with van der Waals surface area (Å²) >= 11 is 0. The Hall–Kier alpha value is -1.99. The first kappa shape index (κ1) is 15.4. The summed E-state index contributed by atoms with van der Waals surface area (Å²) in [7, 11) is 0. The van der Waals surface area contributed by atoms with Gasteiger partial charge in [0.05, 0.1) is 22.2 Å². The zero-order chi connectivity index (χ0) is 13.9. The molecule has 0 unspecified atom stereocenters. The number of nitro benzene ring substituents is 1. The molecule has 0 radical (unpaired) electrons. The Morgan fingerprint density at radius 1 is 1.38 bits per heavy atom. The fourth-order valence-electron chi connectivity index (χ4n) is 2.24. The number of hydrogen-bond donors (Lipinski definition) is 1. The van der Waals surface area contributed by atoms with Crippen molar-refractivity contribution in [1.82, 2.24) is 15.3 Å². The van der Waals surface area contributed by atoms with Crippen LogP contribution in [0.15, 0.2) is 24.4 Å². The van der Waals surface area contributed by atoms with Gasteiger partial charge in [-0.25, -0.2) is 9.97 Å². The summed E-state index contributed by atoms with van der Waals surface area (Å²) in [4.78, 5) is 18.8. The molecule has 0 aliphatic carbocycles. The second-order valence-corrected chi connectivity index (χ2v) is 4.72. The molecule has 7 nitrogen and oxygen atoms in total. The van der Waals surface area contributed by atoms with E-state index in [4.69, 9.17) is 4.74 Å². The Balaban J connectivity index is 0.00000161. The molecule has 3 rings (SSSR count). The highest BCUT2D eigenvalue weighted by atomic mass is 35.5. The number of nitro groups is 1. The van der Waals surface area contributed by atoms with E-state index in [2.05, 4.69) is 15.3 Å². The van der Waals surface area contributed by atoms with Gasteiger partial charge in [-0.3, -0.25) is 10.1 Å². The maximum atomic E-state index is 10.7. The molecule has 1 aromatic heterocycles. The van der Waals surface area contributed by atoms with E-state index in [0.717, 1.165) is 25.9 Å². The molecule has 1 N–H and O–H groups in total. The van der Waals surface area contributed by atoms with Gasteiger partial charge in [0.1, 0.15) is 6.10 Å².